The molecule has 3 aromatic rings. The molecule has 1 atom stereocenters. The topological polar surface area (TPSA) is 58.9 Å². The number of aromatic amines is 1. The minimum Gasteiger partial charge on any atom is -0.358 e. The Morgan fingerprint density at radius 2 is 2.11 bits per heavy atom. The van der Waals surface area contributed by atoms with Crippen molar-refractivity contribution in [2.75, 3.05) is 6.54 Å². The van der Waals surface area contributed by atoms with Crippen LogP contribution in [0.3, 0.4) is 0 Å². The first-order valence-electron chi connectivity index (χ1n) is 5.97. The molecule has 0 aliphatic carbocycles. The zero-order valence-electron chi connectivity index (χ0n) is 10.1. The lowest BCUT2D eigenvalue weighted by Gasteiger charge is -2.08. The molecule has 1 aromatic carbocycles. The van der Waals surface area contributed by atoms with E-state index in [1.54, 1.807) is 11.3 Å². The van der Waals surface area contributed by atoms with Crippen LogP contribution in [-0.4, -0.2) is 16.5 Å². The molecule has 0 radical (unpaired) electrons. The number of rotatable bonds is 4. The van der Waals surface area contributed by atoms with Crippen molar-refractivity contribution >= 4 is 22.2 Å². The average molecular weight is 272 g/mol. The Morgan fingerprint density at radius 3 is 2.79 bits per heavy atom. The van der Waals surface area contributed by atoms with Gasteiger partial charge in [0.2, 0.25) is 6.54 Å². The standard InChI is InChI=1S/C14H12N2O2S/c17-16(18)9-11(14-6-3-7-19-14)13-8-10-4-1-2-5-12(10)15-13/h1-8,11,15H,9H2. The van der Waals surface area contributed by atoms with E-state index in [4.69, 9.17) is 0 Å². The van der Waals surface area contributed by atoms with Gasteiger partial charge in [-0.3, -0.25) is 10.1 Å². The summed E-state index contributed by atoms with van der Waals surface area (Å²) in [5.74, 6) is -0.206. The van der Waals surface area contributed by atoms with Crippen molar-refractivity contribution in [2.45, 2.75) is 5.92 Å². The Hall–Kier alpha value is -2.14. The summed E-state index contributed by atoms with van der Waals surface area (Å²) < 4.78 is 0. The van der Waals surface area contributed by atoms with Gasteiger partial charge in [0.15, 0.2) is 0 Å². The van der Waals surface area contributed by atoms with Crippen LogP contribution in [0.15, 0.2) is 47.8 Å². The van der Waals surface area contributed by atoms with E-state index in [1.807, 2.05) is 47.8 Å². The van der Waals surface area contributed by atoms with Crippen molar-refractivity contribution in [3.05, 3.63) is 68.5 Å². The third kappa shape index (κ3) is 2.37. The molecule has 3 rings (SSSR count). The van der Waals surface area contributed by atoms with E-state index < -0.39 is 0 Å². The number of nitrogens with zero attached hydrogens (tertiary/aromatic N) is 1. The van der Waals surface area contributed by atoms with Crippen molar-refractivity contribution in [2.24, 2.45) is 0 Å². The van der Waals surface area contributed by atoms with E-state index >= 15 is 0 Å². The Balaban J connectivity index is 2.05. The summed E-state index contributed by atoms with van der Waals surface area (Å²) in [6.07, 6.45) is 0. The first-order valence-corrected chi connectivity index (χ1v) is 6.85. The van der Waals surface area contributed by atoms with Crippen LogP contribution in [0.5, 0.6) is 0 Å². The molecule has 0 spiro atoms. The van der Waals surface area contributed by atoms with Crippen molar-refractivity contribution in [3.63, 3.8) is 0 Å². The second kappa shape index (κ2) is 4.85. The predicted molar refractivity (Wildman–Crippen MR) is 76.3 cm³/mol. The molecule has 4 nitrogen and oxygen atoms in total. The van der Waals surface area contributed by atoms with Crippen molar-refractivity contribution in [1.82, 2.24) is 4.98 Å². The van der Waals surface area contributed by atoms with E-state index in [0.717, 1.165) is 21.5 Å². The molecule has 0 fully saturated rings. The summed E-state index contributed by atoms with van der Waals surface area (Å²) in [5.41, 5.74) is 1.92. The smallest absolute Gasteiger partial charge is 0.216 e. The highest BCUT2D eigenvalue weighted by Crippen LogP contribution is 2.30. The van der Waals surface area contributed by atoms with Gasteiger partial charge in [0.1, 0.15) is 0 Å². The van der Waals surface area contributed by atoms with E-state index in [0.29, 0.717) is 0 Å². The first kappa shape index (κ1) is 11.9. The van der Waals surface area contributed by atoms with Gasteiger partial charge in [-0.05, 0) is 29.0 Å². The molecule has 1 unspecified atom stereocenters. The second-order valence-electron chi connectivity index (χ2n) is 4.40. The molecule has 1 N–H and O–H groups in total. The van der Waals surface area contributed by atoms with Crippen LogP contribution in [0.25, 0.3) is 10.9 Å². The molecule has 2 heterocycles. The number of para-hydroxylation sites is 1. The number of nitro groups is 1. The highest BCUT2D eigenvalue weighted by Gasteiger charge is 2.22. The number of fused-ring (bicyclic) bond motifs is 1. The van der Waals surface area contributed by atoms with Gasteiger partial charge < -0.3 is 4.98 Å². The highest BCUT2D eigenvalue weighted by atomic mass is 32.1. The van der Waals surface area contributed by atoms with Crippen molar-refractivity contribution < 1.29 is 4.92 Å². The van der Waals surface area contributed by atoms with Gasteiger partial charge in [-0.15, -0.1) is 11.3 Å². The molecule has 0 aliphatic rings. The van der Waals surface area contributed by atoms with Crippen LogP contribution in [-0.2, 0) is 0 Å². The summed E-state index contributed by atoms with van der Waals surface area (Å²) in [7, 11) is 0. The van der Waals surface area contributed by atoms with Crippen LogP contribution < -0.4 is 0 Å². The molecule has 0 saturated heterocycles. The number of H-pyrrole nitrogens is 1. The van der Waals surface area contributed by atoms with Crippen LogP contribution in [0.1, 0.15) is 16.5 Å². The fourth-order valence-electron chi connectivity index (χ4n) is 2.26. The molecule has 0 bridgehead atoms. The fraction of sp³-hybridized carbons (Fsp3) is 0.143. The lowest BCUT2D eigenvalue weighted by Crippen LogP contribution is -2.13. The van der Waals surface area contributed by atoms with Gasteiger partial charge in [0, 0.05) is 21.0 Å². The van der Waals surface area contributed by atoms with Crippen molar-refractivity contribution in [1.29, 1.82) is 0 Å². The Labute approximate surface area is 113 Å². The van der Waals surface area contributed by atoms with E-state index in [2.05, 4.69) is 4.98 Å². The van der Waals surface area contributed by atoms with Gasteiger partial charge in [0.25, 0.3) is 0 Å². The SMILES string of the molecule is O=[N+]([O-])CC(c1cc2ccccc2[nH]1)c1cccs1. The zero-order chi connectivity index (χ0) is 13.2. The molecular weight excluding hydrogens is 260 g/mol. The number of thiophene rings is 1. The minimum absolute atomic E-state index is 0.0899. The maximum absolute atomic E-state index is 10.9. The Morgan fingerprint density at radius 1 is 1.26 bits per heavy atom. The third-order valence-corrected chi connectivity index (χ3v) is 4.13. The van der Waals surface area contributed by atoms with Gasteiger partial charge >= 0.3 is 0 Å². The number of benzene rings is 1. The summed E-state index contributed by atoms with van der Waals surface area (Å²) in [4.78, 5) is 14.9. The van der Waals surface area contributed by atoms with Crippen LogP contribution in [0.4, 0.5) is 0 Å². The maximum atomic E-state index is 10.9. The molecule has 96 valence electrons. The highest BCUT2D eigenvalue weighted by molar-refractivity contribution is 7.10. The first-order chi connectivity index (χ1) is 9.24. The quantitative estimate of drug-likeness (QED) is 0.582. The lowest BCUT2D eigenvalue weighted by molar-refractivity contribution is -0.481. The maximum Gasteiger partial charge on any atom is 0.216 e. The zero-order valence-corrected chi connectivity index (χ0v) is 10.9. The Bertz CT molecular complexity index is 670. The summed E-state index contributed by atoms with van der Waals surface area (Å²) >= 11 is 1.55. The molecule has 0 aliphatic heterocycles. The van der Waals surface area contributed by atoms with E-state index in [-0.39, 0.29) is 17.4 Å². The molecular formula is C14H12N2O2S. The number of hydrogen-bond acceptors (Lipinski definition) is 3. The third-order valence-electron chi connectivity index (χ3n) is 3.14. The van der Waals surface area contributed by atoms with Gasteiger partial charge in [-0.1, -0.05) is 24.3 Å². The second-order valence-corrected chi connectivity index (χ2v) is 5.37. The van der Waals surface area contributed by atoms with Crippen LogP contribution in [0, 0.1) is 10.1 Å². The van der Waals surface area contributed by atoms with E-state index in [9.17, 15) is 10.1 Å². The Kier molecular flexibility index (Phi) is 3.05. The van der Waals surface area contributed by atoms with Gasteiger partial charge in [0.05, 0.1) is 5.92 Å². The largest absolute Gasteiger partial charge is 0.358 e. The predicted octanol–water partition coefficient (Wildman–Crippen LogP) is 3.64. The molecule has 5 heteroatoms. The number of aromatic nitrogens is 1. The van der Waals surface area contributed by atoms with Gasteiger partial charge in [-0.25, -0.2) is 0 Å². The van der Waals surface area contributed by atoms with Crippen molar-refractivity contribution in [3.8, 4) is 0 Å². The van der Waals surface area contributed by atoms with Crippen LogP contribution >= 0.6 is 11.3 Å². The monoisotopic (exact) mass is 272 g/mol. The van der Waals surface area contributed by atoms with E-state index in [1.165, 1.54) is 0 Å². The average Bonchev–Trinajstić information content (AvgIpc) is 3.04. The fourth-order valence-corrected chi connectivity index (χ4v) is 3.10. The minimum atomic E-state index is -0.254. The summed E-state index contributed by atoms with van der Waals surface area (Å²) in [5, 5.41) is 13.9. The van der Waals surface area contributed by atoms with Gasteiger partial charge in [-0.2, -0.15) is 0 Å². The number of nitrogens with one attached hydrogen (secondary N) is 1. The lowest BCUT2D eigenvalue weighted by atomic mass is 10.0. The normalized spacial score (nSPS) is 12.6. The summed E-state index contributed by atoms with van der Waals surface area (Å²) in [6, 6.07) is 13.8. The molecule has 0 saturated carbocycles. The van der Waals surface area contributed by atoms with Crippen LogP contribution in [0.2, 0.25) is 0 Å². The molecule has 19 heavy (non-hydrogen) atoms. The summed E-state index contributed by atoms with van der Waals surface area (Å²) in [6.45, 7) is -0.0899. The number of hydrogen-bond donors (Lipinski definition) is 1. The molecule has 2 aromatic heterocycles. The molecule has 0 amide bonds.